The van der Waals surface area contributed by atoms with Crippen molar-refractivity contribution in [1.82, 2.24) is 19.5 Å². The molecule has 1 aliphatic rings. The zero-order valence-corrected chi connectivity index (χ0v) is 25.5. The molecule has 0 amide bonds. The number of benzene rings is 6. The Labute approximate surface area is 277 Å². The largest absolute Gasteiger partial charge is 0.449 e. The summed E-state index contributed by atoms with van der Waals surface area (Å²) >= 11 is 0. The highest BCUT2D eigenvalue weighted by molar-refractivity contribution is 6.12. The molecule has 0 fully saturated rings. The molecule has 2 aromatic heterocycles. The van der Waals surface area contributed by atoms with Crippen LogP contribution in [0.5, 0.6) is 23.0 Å². The summed E-state index contributed by atoms with van der Waals surface area (Å²) in [4.78, 5) is 14.2. The van der Waals surface area contributed by atoms with Gasteiger partial charge in [0.15, 0.2) is 40.5 Å². The number of alkyl halides is 3. The Morgan fingerprint density at radius 3 is 1.71 bits per heavy atom. The number of hydrogen-bond donors (Lipinski definition) is 0. The van der Waals surface area contributed by atoms with Gasteiger partial charge < -0.3 is 14.0 Å². The third-order valence-corrected chi connectivity index (χ3v) is 8.50. The van der Waals surface area contributed by atoms with E-state index >= 15 is 0 Å². The van der Waals surface area contributed by atoms with Gasteiger partial charge in [0.05, 0.1) is 11.1 Å². The Morgan fingerprint density at radius 1 is 0.490 bits per heavy atom. The lowest BCUT2D eigenvalue weighted by molar-refractivity contribution is -0.137. The maximum absolute atomic E-state index is 14.8. The highest BCUT2D eigenvalue weighted by Crippen LogP contribution is 2.51. The van der Waals surface area contributed by atoms with Crippen molar-refractivity contribution in [1.29, 1.82) is 0 Å². The minimum Gasteiger partial charge on any atom is -0.449 e. The van der Waals surface area contributed by atoms with Crippen LogP contribution in [0.25, 0.3) is 61.7 Å². The standard InChI is InChI=1S/C40H23F3N4O2/c41-40(42,43)27-21-26(39-45-37(24-11-3-1-4-12-24)44-38(46-39)25-13-5-2-6-14-25)22-28(23-27)47-31-16-8-7-15-29(31)30-19-20-34-36(35(30)47)49-33-18-10-9-17-32(33)48-34/h1-23H. The molecule has 9 heteroatoms. The summed E-state index contributed by atoms with van der Waals surface area (Å²) in [5.74, 6) is 2.73. The first-order valence-corrected chi connectivity index (χ1v) is 15.5. The van der Waals surface area contributed by atoms with Crippen LogP contribution >= 0.6 is 0 Å². The van der Waals surface area contributed by atoms with Crippen LogP contribution in [0.3, 0.4) is 0 Å². The summed E-state index contributed by atoms with van der Waals surface area (Å²) < 4.78 is 58.7. The van der Waals surface area contributed by atoms with Gasteiger partial charge in [-0.1, -0.05) is 91.0 Å². The zero-order chi connectivity index (χ0) is 33.1. The first-order valence-electron chi connectivity index (χ1n) is 15.5. The highest BCUT2D eigenvalue weighted by Gasteiger charge is 2.33. The van der Waals surface area contributed by atoms with E-state index < -0.39 is 11.7 Å². The van der Waals surface area contributed by atoms with Gasteiger partial charge in [-0.25, -0.2) is 15.0 Å². The maximum atomic E-state index is 14.8. The molecule has 0 unspecified atom stereocenters. The van der Waals surface area contributed by atoms with Gasteiger partial charge in [-0.05, 0) is 48.5 Å². The SMILES string of the molecule is FC(F)(F)c1cc(-c2nc(-c3ccccc3)nc(-c3ccccc3)n2)cc(-n2c3ccccc3c3ccc4c(c32)Oc2ccccc2O4)c1. The normalized spacial score (nSPS) is 12.3. The van der Waals surface area contributed by atoms with Crippen molar-refractivity contribution in [2.75, 3.05) is 0 Å². The monoisotopic (exact) mass is 648 g/mol. The molecule has 8 aromatic rings. The van der Waals surface area contributed by atoms with Crippen molar-refractivity contribution >= 4 is 21.8 Å². The first kappa shape index (κ1) is 28.7. The summed E-state index contributed by atoms with van der Waals surface area (Å²) in [6, 6.07) is 41.1. The van der Waals surface area contributed by atoms with E-state index in [1.165, 1.54) is 0 Å². The molecular formula is C40H23F3N4O2. The van der Waals surface area contributed by atoms with Crippen LogP contribution in [0.1, 0.15) is 5.56 Å². The van der Waals surface area contributed by atoms with Crippen LogP contribution < -0.4 is 9.47 Å². The smallest absolute Gasteiger partial charge is 0.416 e. The van der Waals surface area contributed by atoms with Crippen LogP contribution in [-0.2, 0) is 6.18 Å². The second kappa shape index (κ2) is 11.1. The van der Waals surface area contributed by atoms with Gasteiger partial charge in [-0.3, -0.25) is 0 Å². The highest BCUT2D eigenvalue weighted by atomic mass is 19.4. The lowest BCUT2D eigenvalue weighted by atomic mass is 10.1. The van der Waals surface area contributed by atoms with E-state index in [0.717, 1.165) is 22.9 Å². The second-order valence-corrected chi connectivity index (χ2v) is 11.6. The molecule has 0 atom stereocenters. The molecule has 3 heterocycles. The molecule has 0 aliphatic carbocycles. The molecule has 0 bridgehead atoms. The topological polar surface area (TPSA) is 62.1 Å². The third-order valence-electron chi connectivity index (χ3n) is 8.50. The summed E-state index contributed by atoms with van der Waals surface area (Å²) in [5, 5.41) is 1.65. The predicted molar refractivity (Wildman–Crippen MR) is 182 cm³/mol. The summed E-state index contributed by atoms with van der Waals surface area (Å²) in [5.41, 5.74) is 2.29. The Bertz CT molecular complexity index is 2490. The van der Waals surface area contributed by atoms with E-state index in [4.69, 9.17) is 24.4 Å². The number of hydrogen-bond acceptors (Lipinski definition) is 5. The van der Waals surface area contributed by atoms with Crippen LogP contribution in [0.15, 0.2) is 140 Å². The van der Waals surface area contributed by atoms with E-state index in [1.807, 2.05) is 109 Å². The van der Waals surface area contributed by atoms with Crippen molar-refractivity contribution in [3.8, 4) is 62.8 Å². The quantitative estimate of drug-likeness (QED) is 0.190. The molecule has 49 heavy (non-hydrogen) atoms. The van der Waals surface area contributed by atoms with Crippen LogP contribution in [0.2, 0.25) is 0 Å². The van der Waals surface area contributed by atoms with Gasteiger partial charge in [0.2, 0.25) is 0 Å². The Kier molecular flexibility index (Phi) is 6.48. The van der Waals surface area contributed by atoms with E-state index in [0.29, 0.717) is 56.8 Å². The number of aromatic nitrogens is 4. The molecule has 9 rings (SSSR count). The molecule has 0 saturated heterocycles. The van der Waals surface area contributed by atoms with Crippen LogP contribution in [0.4, 0.5) is 13.2 Å². The van der Waals surface area contributed by atoms with E-state index in [1.54, 1.807) is 22.8 Å². The van der Waals surface area contributed by atoms with Crippen LogP contribution in [-0.4, -0.2) is 19.5 Å². The van der Waals surface area contributed by atoms with E-state index in [9.17, 15) is 13.2 Å². The summed E-state index contributed by atoms with van der Waals surface area (Å²) in [6.07, 6.45) is -4.67. The Morgan fingerprint density at radius 2 is 1.06 bits per heavy atom. The molecule has 0 saturated carbocycles. The number of nitrogens with zero attached hydrogens (tertiary/aromatic N) is 4. The minimum atomic E-state index is -4.67. The molecule has 0 spiro atoms. The Hall–Kier alpha value is -6.48. The lowest BCUT2D eigenvalue weighted by Gasteiger charge is -2.22. The second-order valence-electron chi connectivity index (χ2n) is 11.6. The van der Waals surface area contributed by atoms with Crippen molar-refractivity contribution < 1.29 is 22.6 Å². The molecule has 6 nitrogen and oxygen atoms in total. The molecule has 0 N–H and O–H groups in total. The fraction of sp³-hybridized carbons (Fsp3) is 0.0250. The third kappa shape index (κ3) is 4.94. The van der Waals surface area contributed by atoms with Crippen molar-refractivity contribution in [2.45, 2.75) is 6.18 Å². The average molecular weight is 649 g/mol. The Balaban J connectivity index is 1.32. The van der Waals surface area contributed by atoms with Crippen LogP contribution in [0, 0.1) is 0 Å². The number of halogens is 3. The number of rotatable bonds is 4. The minimum absolute atomic E-state index is 0.108. The van der Waals surface area contributed by atoms with Crippen molar-refractivity contribution in [3.05, 3.63) is 145 Å². The molecule has 1 aliphatic heterocycles. The molecule has 0 radical (unpaired) electrons. The molecule has 236 valence electrons. The van der Waals surface area contributed by atoms with E-state index in [-0.39, 0.29) is 17.1 Å². The zero-order valence-electron chi connectivity index (χ0n) is 25.5. The average Bonchev–Trinajstić information content (AvgIpc) is 3.49. The molecule has 6 aromatic carbocycles. The van der Waals surface area contributed by atoms with Crippen molar-refractivity contribution in [2.24, 2.45) is 0 Å². The fourth-order valence-electron chi connectivity index (χ4n) is 6.27. The van der Waals surface area contributed by atoms with Gasteiger partial charge in [0.1, 0.15) is 5.52 Å². The summed E-state index contributed by atoms with van der Waals surface area (Å²) in [7, 11) is 0. The first-order chi connectivity index (χ1) is 23.9. The van der Waals surface area contributed by atoms with Gasteiger partial charge >= 0.3 is 6.18 Å². The van der Waals surface area contributed by atoms with Gasteiger partial charge in [0.25, 0.3) is 0 Å². The van der Waals surface area contributed by atoms with Gasteiger partial charge in [-0.2, -0.15) is 13.2 Å². The number of fused-ring (bicyclic) bond motifs is 6. The number of ether oxygens (including phenoxy) is 2. The van der Waals surface area contributed by atoms with Crippen molar-refractivity contribution in [3.63, 3.8) is 0 Å². The lowest BCUT2D eigenvalue weighted by Crippen LogP contribution is -2.08. The van der Waals surface area contributed by atoms with Gasteiger partial charge in [0, 0.05) is 33.2 Å². The maximum Gasteiger partial charge on any atom is 0.416 e. The summed E-state index contributed by atoms with van der Waals surface area (Å²) in [6.45, 7) is 0. The number of para-hydroxylation sites is 3. The van der Waals surface area contributed by atoms with E-state index in [2.05, 4.69) is 0 Å². The predicted octanol–water partition coefficient (Wildman–Crippen LogP) is 10.9. The fourth-order valence-corrected chi connectivity index (χ4v) is 6.27. The van der Waals surface area contributed by atoms with Gasteiger partial charge in [-0.15, -0.1) is 0 Å². The molecular weight excluding hydrogens is 625 g/mol.